The maximum absolute atomic E-state index is 11.3. The van der Waals surface area contributed by atoms with Gasteiger partial charge in [0.2, 0.25) is 11.9 Å². The molecule has 2 aromatic heterocycles. The molecule has 0 radical (unpaired) electrons. The summed E-state index contributed by atoms with van der Waals surface area (Å²) in [5.41, 5.74) is 8.76. The van der Waals surface area contributed by atoms with E-state index in [2.05, 4.69) is 27.0 Å². The zero-order chi connectivity index (χ0) is 23.7. The van der Waals surface area contributed by atoms with Crippen LogP contribution in [0.25, 0.3) is 11.2 Å². The smallest absolute Gasteiger partial charge is 0.248 e. The number of amides is 1. The van der Waals surface area contributed by atoms with Gasteiger partial charge in [-0.25, -0.2) is 4.98 Å². The van der Waals surface area contributed by atoms with Crippen molar-refractivity contribution in [3.8, 4) is 0 Å². The maximum atomic E-state index is 11.3. The average Bonchev–Trinajstić information content (AvgIpc) is 3.42. The number of hydrogen-bond acceptors (Lipinski definition) is 7. The fraction of sp³-hybridized carbons (Fsp3) is 0.520. The summed E-state index contributed by atoms with van der Waals surface area (Å²) in [4.78, 5) is 30.2. The second-order valence-electron chi connectivity index (χ2n) is 9.77. The van der Waals surface area contributed by atoms with Crippen LogP contribution < -0.4 is 16.0 Å². The molecule has 1 aliphatic heterocycles. The first-order chi connectivity index (χ1) is 16.5. The van der Waals surface area contributed by atoms with E-state index >= 15 is 0 Å². The Morgan fingerprint density at radius 2 is 1.88 bits per heavy atom. The van der Waals surface area contributed by atoms with E-state index in [0.717, 1.165) is 80.5 Å². The number of carbonyl (C=O) groups is 1. The molecule has 0 spiro atoms. The Morgan fingerprint density at radius 3 is 2.56 bits per heavy atom. The normalized spacial score (nSPS) is 20.6. The van der Waals surface area contributed by atoms with Crippen LogP contribution in [0.1, 0.15) is 42.1 Å². The van der Waals surface area contributed by atoms with Gasteiger partial charge in [-0.15, -0.1) is 0 Å². The topological polar surface area (TPSA) is 105 Å². The minimum atomic E-state index is -0.392. The van der Waals surface area contributed by atoms with Crippen LogP contribution in [0.5, 0.6) is 0 Å². The molecule has 2 fully saturated rings. The molecule has 1 saturated carbocycles. The molecule has 9 nitrogen and oxygen atoms in total. The molecule has 3 heterocycles. The van der Waals surface area contributed by atoms with E-state index in [1.54, 1.807) is 12.1 Å². The number of benzene rings is 1. The number of nitrogens with two attached hydrogens (primary N) is 1. The third kappa shape index (κ3) is 4.99. The summed E-state index contributed by atoms with van der Waals surface area (Å²) in [5.74, 6) is 3.02. The van der Waals surface area contributed by atoms with Gasteiger partial charge >= 0.3 is 0 Å². The highest BCUT2D eigenvalue weighted by Gasteiger charge is 2.31. The largest absolute Gasteiger partial charge is 0.368 e. The van der Waals surface area contributed by atoms with Crippen molar-refractivity contribution < 1.29 is 4.79 Å². The molecule has 5 rings (SSSR count). The fourth-order valence-corrected chi connectivity index (χ4v) is 4.77. The number of piperazine rings is 1. The van der Waals surface area contributed by atoms with Crippen LogP contribution in [0.2, 0.25) is 0 Å². The third-order valence-electron chi connectivity index (χ3n) is 7.17. The number of anilines is 2. The first-order valence-electron chi connectivity index (χ1n) is 12.3. The number of primary amides is 1. The molecule has 0 bridgehead atoms. The number of aryl methyl sites for hydroxylation is 1. The lowest BCUT2D eigenvalue weighted by Gasteiger charge is -2.34. The van der Waals surface area contributed by atoms with E-state index in [9.17, 15) is 4.79 Å². The second kappa shape index (κ2) is 9.58. The summed E-state index contributed by atoms with van der Waals surface area (Å²) < 4.78 is 1.96. The molecular weight excluding hydrogens is 428 g/mol. The maximum Gasteiger partial charge on any atom is 0.248 e. The van der Waals surface area contributed by atoms with Crippen molar-refractivity contribution in [3.05, 3.63) is 41.7 Å². The van der Waals surface area contributed by atoms with Crippen LogP contribution in [-0.2, 0) is 13.6 Å². The van der Waals surface area contributed by atoms with Gasteiger partial charge < -0.3 is 20.5 Å². The highest BCUT2D eigenvalue weighted by molar-refractivity contribution is 5.92. The molecule has 180 valence electrons. The van der Waals surface area contributed by atoms with Crippen molar-refractivity contribution in [1.82, 2.24) is 24.4 Å². The van der Waals surface area contributed by atoms with Crippen molar-refractivity contribution >= 4 is 28.8 Å². The van der Waals surface area contributed by atoms with Crippen molar-refractivity contribution in [2.24, 2.45) is 24.6 Å². The molecule has 3 N–H and O–H groups in total. The summed E-state index contributed by atoms with van der Waals surface area (Å²) in [7, 11) is 1.98. The molecule has 1 amide bonds. The minimum Gasteiger partial charge on any atom is -0.368 e. The van der Waals surface area contributed by atoms with Crippen LogP contribution in [-0.4, -0.2) is 63.0 Å². The van der Waals surface area contributed by atoms with Crippen LogP contribution in [0.15, 0.2) is 30.6 Å². The predicted octanol–water partition coefficient (Wildman–Crippen LogP) is 2.63. The third-order valence-corrected chi connectivity index (χ3v) is 7.17. The molecule has 9 heteroatoms. The van der Waals surface area contributed by atoms with Crippen molar-refractivity contribution in [1.29, 1.82) is 0 Å². The molecule has 1 aromatic carbocycles. The van der Waals surface area contributed by atoms with Gasteiger partial charge in [-0.2, -0.15) is 9.97 Å². The quantitative estimate of drug-likeness (QED) is 0.471. The molecular formula is C25H34N8O. The number of imidazole rings is 1. The van der Waals surface area contributed by atoms with E-state index in [1.165, 1.54) is 18.4 Å². The lowest BCUT2D eigenvalue weighted by molar-refractivity contribution is 0.1000. The SMILES string of the molecule is C[C@@H]1C[C@H]1CCCNc1nc(N2CCN(Cc3ccc(C(N)=O)cc3)CC2)nc2c1ncn2C. The number of rotatable bonds is 9. The average molecular weight is 463 g/mol. The van der Waals surface area contributed by atoms with Gasteiger partial charge in [-0.3, -0.25) is 9.69 Å². The van der Waals surface area contributed by atoms with Gasteiger partial charge in [0.25, 0.3) is 0 Å². The predicted molar refractivity (Wildman–Crippen MR) is 134 cm³/mol. The van der Waals surface area contributed by atoms with Gasteiger partial charge in [-0.05, 0) is 48.8 Å². The van der Waals surface area contributed by atoms with Crippen LogP contribution in [0, 0.1) is 11.8 Å². The van der Waals surface area contributed by atoms with E-state index in [4.69, 9.17) is 15.7 Å². The van der Waals surface area contributed by atoms with Crippen LogP contribution >= 0.6 is 0 Å². The lowest BCUT2D eigenvalue weighted by Crippen LogP contribution is -2.46. The summed E-state index contributed by atoms with van der Waals surface area (Å²) in [6.07, 6.45) is 5.63. The fourth-order valence-electron chi connectivity index (χ4n) is 4.77. The van der Waals surface area contributed by atoms with E-state index in [-0.39, 0.29) is 0 Å². The molecule has 34 heavy (non-hydrogen) atoms. The van der Waals surface area contributed by atoms with Gasteiger partial charge in [0.15, 0.2) is 17.0 Å². The summed E-state index contributed by atoms with van der Waals surface area (Å²) in [5, 5.41) is 3.54. The standard InChI is InChI=1S/C25H34N8O/c1-17-14-20(17)4-3-9-27-23-21-24(31(2)16-28-21)30-25(29-23)33-12-10-32(11-13-33)15-18-5-7-19(8-6-18)22(26)34/h5-8,16-17,20H,3-4,9-15H2,1-2H3,(H2,26,34)(H,27,29,30)/t17-,20-/m1/s1. The second-order valence-corrected chi connectivity index (χ2v) is 9.77. The number of nitrogens with one attached hydrogen (secondary N) is 1. The highest BCUT2D eigenvalue weighted by atomic mass is 16.1. The lowest BCUT2D eigenvalue weighted by atomic mass is 10.1. The summed E-state index contributed by atoms with van der Waals surface area (Å²) in [6.45, 7) is 7.67. The van der Waals surface area contributed by atoms with Crippen molar-refractivity contribution in [2.45, 2.75) is 32.7 Å². The van der Waals surface area contributed by atoms with Gasteiger partial charge in [-0.1, -0.05) is 19.1 Å². The molecule has 0 unspecified atom stereocenters. The molecule has 3 aromatic rings. The molecule has 2 aliphatic rings. The molecule has 2 atom stereocenters. The Balaban J connectivity index is 1.21. The highest BCUT2D eigenvalue weighted by Crippen LogP contribution is 2.41. The van der Waals surface area contributed by atoms with Gasteiger partial charge in [0, 0.05) is 51.9 Å². The monoisotopic (exact) mass is 462 g/mol. The zero-order valence-electron chi connectivity index (χ0n) is 20.1. The molecule has 1 aliphatic carbocycles. The van der Waals surface area contributed by atoms with Crippen molar-refractivity contribution in [2.75, 3.05) is 42.9 Å². The number of carbonyl (C=O) groups excluding carboxylic acids is 1. The number of fused-ring (bicyclic) bond motifs is 1. The number of hydrogen-bond donors (Lipinski definition) is 2. The Hall–Kier alpha value is -3.20. The van der Waals surface area contributed by atoms with Crippen LogP contribution in [0.4, 0.5) is 11.8 Å². The Labute approximate surface area is 200 Å². The minimum absolute atomic E-state index is 0.392. The van der Waals surface area contributed by atoms with Gasteiger partial charge in [0.05, 0.1) is 6.33 Å². The first-order valence-corrected chi connectivity index (χ1v) is 12.3. The van der Waals surface area contributed by atoms with Crippen LogP contribution in [0.3, 0.4) is 0 Å². The first kappa shape index (κ1) is 22.6. The van der Waals surface area contributed by atoms with E-state index in [1.807, 2.05) is 30.1 Å². The number of nitrogens with zero attached hydrogens (tertiary/aromatic N) is 6. The van der Waals surface area contributed by atoms with Gasteiger partial charge in [0.1, 0.15) is 0 Å². The van der Waals surface area contributed by atoms with E-state index < -0.39 is 5.91 Å². The zero-order valence-corrected chi connectivity index (χ0v) is 20.1. The Bertz CT molecular complexity index is 1150. The van der Waals surface area contributed by atoms with E-state index in [0.29, 0.717) is 5.56 Å². The van der Waals surface area contributed by atoms with Crippen molar-refractivity contribution in [3.63, 3.8) is 0 Å². The Morgan fingerprint density at radius 1 is 1.15 bits per heavy atom. The summed E-state index contributed by atoms with van der Waals surface area (Å²) >= 11 is 0. The molecule has 1 saturated heterocycles. The number of aromatic nitrogens is 4. The Kier molecular flexibility index (Phi) is 6.36. The summed E-state index contributed by atoms with van der Waals surface area (Å²) in [6, 6.07) is 7.55.